The van der Waals surface area contributed by atoms with Crippen molar-refractivity contribution in [1.29, 1.82) is 0 Å². The average Bonchev–Trinajstić information content (AvgIpc) is 3.33. The molecule has 0 saturated carbocycles. The van der Waals surface area contributed by atoms with Gasteiger partial charge in [0, 0.05) is 31.4 Å². The maximum absolute atomic E-state index is 14.2. The van der Waals surface area contributed by atoms with Crippen molar-refractivity contribution in [2.45, 2.75) is 46.6 Å². The van der Waals surface area contributed by atoms with Gasteiger partial charge in [-0.3, -0.25) is 14.1 Å². The van der Waals surface area contributed by atoms with E-state index < -0.39 is 39.6 Å². The number of ether oxygens (including phenoxy) is 3. The van der Waals surface area contributed by atoms with Crippen molar-refractivity contribution in [1.82, 2.24) is 5.06 Å². The van der Waals surface area contributed by atoms with E-state index in [2.05, 4.69) is 0 Å². The third kappa shape index (κ3) is 7.03. The number of amides is 2. The number of hydroxylamine groups is 2. The maximum Gasteiger partial charge on any atom is 0.363 e. The number of rotatable bonds is 11. The van der Waals surface area contributed by atoms with Crippen molar-refractivity contribution in [3.63, 3.8) is 0 Å². The van der Waals surface area contributed by atoms with E-state index in [9.17, 15) is 32.1 Å². The maximum atomic E-state index is 14.2. The first kappa shape index (κ1) is 33.3. The van der Waals surface area contributed by atoms with Gasteiger partial charge in [0.25, 0.3) is 21.9 Å². The number of hydrogen-bond donors (Lipinski definition) is 1. The van der Waals surface area contributed by atoms with E-state index >= 15 is 0 Å². The third-order valence-corrected chi connectivity index (χ3v) is 8.47. The summed E-state index contributed by atoms with van der Waals surface area (Å²) in [7, 11) is -2.71. The first-order valence-corrected chi connectivity index (χ1v) is 16.4. The second-order valence-corrected chi connectivity index (χ2v) is 12.5. The largest absolute Gasteiger partial charge is 0.497 e. The summed E-state index contributed by atoms with van der Waals surface area (Å²) in [6, 6.07) is 13.2. The Hall–Kier alpha value is -5.08. The lowest BCUT2D eigenvalue weighted by molar-refractivity contribution is -0.645. The summed E-state index contributed by atoms with van der Waals surface area (Å²) in [5, 5.41) is 1.38. The van der Waals surface area contributed by atoms with Gasteiger partial charge in [-0.2, -0.15) is 13.0 Å². The monoisotopic (exact) mass is 665 g/mol. The van der Waals surface area contributed by atoms with Crippen LogP contribution in [0.1, 0.15) is 58.0 Å². The molecule has 0 radical (unpaired) electrons. The van der Waals surface area contributed by atoms with Gasteiger partial charge in [-0.1, -0.05) is 0 Å². The Kier molecular flexibility index (Phi) is 9.45. The highest BCUT2D eigenvalue weighted by atomic mass is 32.2. The molecule has 246 valence electrons. The van der Waals surface area contributed by atoms with Crippen LogP contribution in [0.25, 0.3) is 21.8 Å². The fraction of sp³-hybridized carbons (Fsp3) is 0.303. The Labute approximate surface area is 270 Å². The summed E-state index contributed by atoms with van der Waals surface area (Å²) in [5.41, 5.74) is 2.26. The molecule has 0 aliphatic carbocycles. The number of pyridine rings is 1. The summed E-state index contributed by atoms with van der Waals surface area (Å²) in [5.74, 6) is -2.15. The molecule has 2 heterocycles. The van der Waals surface area contributed by atoms with Crippen molar-refractivity contribution < 1.29 is 55.8 Å². The van der Waals surface area contributed by atoms with Gasteiger partial charge < -0.3 is 19.0 Å². The topological polar surface area (TPSA) is 167 Å². The zero-order chi connectivity index (χ0) is 34.0. The highest BCUT2D eigenvalue weighted by Gasteiger charge is 2.34. The standard InChI is InChI=1S/C33H32N2O11S/c1-5-44-23-8-10-27-25(18-23)30(24-17-22(43-4)7-9-26(24)34(27)13-6-14-47(40,41)42)33(39)45-31-19(2)15-21(16-20(31)3)32(38)46-35-28(36)11-12-29(35)37/h7-10,15-18H,5-6,11-14H2,1-4H3/p+1. The minimum atomic E-state index is -4.20. The summed E-state index contributed by atoms with van der Waals surface area (Å²) in [6.07, 6.45) is 0.0266. The highest BCUT2D eigenvalue weighted by Crippen LogP contribution is 2.33. The minimum absolute atomic E-state index is 0.0373. The number of esters is 1. The predicted octanol–water partition coefficient (Wildman–Crippen LogP) is 4.02. The summed E-state index contributed by atoms with van der Waals surface area (Å²) < 4.78 is 51.4. The van der Waals surface area contributed by atoms with Gasteiger partial charge in [0.1, 0.15) is 17.2 Å². The Morgan fingerprint density at radius 1 is 0.894 bits per heavy atom. The molecule has 4 aromatic rings. The first-order valence-electron chi connectivity index (χ1n) is 14.8. The summed E-state index contributed by atoms with van der Waals surface area (Å²) >= 11 is 0. The lowest BCUT2D eigenvalue weighted by atomic mass is 10.0. The number of carbonyl (C=O) groups is 4. The zero-order valence-corrected chi connectivity index (χ0v) is 27.0. The molecular weight excluding hydrogens is 632 g/mol. The smallest absolute Gasteiger partial charge is 0.363 e. The molecule has 1 aromatic heterocycles. The molecule has 13 nitrogen and oxygen atoms in total. The molecule has 47 heavy (non-hydrogen) atoms. The van der Waals surface area contributed by atoms with Crippen LogP contribution in [0, 0.1) is 13.8 Å². The van der Waals surface area contributed by atoms with Crippen LogP contribution in [-0.4, -0.2) is 61.3 Å². The molecule has 0 unspecified atom stereocenters. The number of benzene rings is 3. The number of methoxy groups -OCH3 is 1. The van der Waals surface area contributed by atoms with Gasteiger partial charge >= 0.3 is 11.9 Å². The molecule has 14 heteroatoms. The molecule has 1 aliphatic rings. The van der Waals surface area contributed by atoms with Gasteiger partial charge in [-0.25, -0.2) is 9.59 Å². The van der Waals surface area contributed by atoms with Crippen molar-refractivity contribution in [3.8, 4) is 17.2 Å². The molecule has 1 N–H and O–H groups in total. The number of nitrogens with zero attached hydrogens (tertiary/aromatic N) is 2. The van der Waals surface area contributed by atoms with Crippen molar-refractivity contribution in [3.05, 3.63) is 70.8 Å². The SMILES string of the molecule is CCOc1ccc2c(c1)c(C(=O)Oc1c(C)cc(C(=O)ON3C(=O)CCC3=O)cc1C)c1cc(OC)ccc1[n+]2CCCS(=O)(=O)O. The number of imide groups is 1. The fourth-order valence-corrected chi connectivity index (χ4v) is 6.09. The number of aromatic nitrogens is 1. The molecule has 0 bridgehead atoms. The predicted molar refractivity (Wildman–Crippen MR) is 168 cm³/mol. The number of carbonyl (C=O) groups excluding carboxylic acids is 4. The minimum Gasteiger partial charge on any atom is -0.497 e. The highest BCUT2D eigenvalue weighted by molar-refractivity contribution is 7.85. The van der Waals surface area contributed by atoms with Crippen LogP contribution in [0.2, 0.25) is 0 Å². The average molecular weight is 666 g/mol. The lowest BCUT2D eigenvalue weighted by Crippen LogP contribution is -2.37. The van der Waals surface area contributed by atoms with Crippen LogP contribution < -0.4 is 18.8 Å². The van der Waals surface area contributed by atoms with E-state index in [1.807, 2.05) is 11.5 Å². The molecule has 1 aliphatic heterocycles. The number of hydrogen-bond acceptors (Lipinski definition) is 10. The van der Waals surface area contributed by atoms with E-state index in [1.54, 1.807) is 50.2 Å². The fourth-order valence-electron chi connectivity index (χ4n) is 5.59. The molecule has 0 atom stereocenters. The van der Waals surface area contributed by atoms with Gasteiger partial charge in [-0.15, -0.1) is 5.06 Å². The van der Waals surface area contributed by atoms with E-state index in [-0.39, 0.29) is 42.7 Å². The second kappa shape index (κ2) is 13.3. The van der Waals surface area contributed by atoms with E-state index in [4.69, 9.17) is 19.0 Å². The second-order valence-electron chi connectivity index (χ2n) is 11.0. The van der Waals surface area contributed by atoms with Crippen molar-refractivity contribution in [2.75, 3.05) is 19.5 Å². The quantitative estimate of drug-likeness (QED) is 0.0614. The normalized spacial score (nSPS) is 13.3. The van der Waals surface area contributed by atoms with Crippen LogP contribution in [0.4, 0.5) is 0 Å². The van der Waals surface area contributed by atoms with E-state index in [0.29, 0.717) is 56.1 Å². The van der Waals surface area contributed by atoms with Gasteiger partial charge in [0.05, 0.1) is 41.4 Å². The zero-order valence-electron chi connectivity index (χ0n) is 26.2. The van der Waals surface area contributed by atoms with Crippen LogP contribution >= 0.6 is 0 Å². The molecular formula is C33H33N2O11S+. The summed E-state index contributed by atoms with van der Waals surface area (Å²) in [4.78, 5) is 55.9. The van der Waals surface area contributed by atoms with Gasteiger partial charge in [0.15, 0.2) is 6.54 Å². The number of fused-ring (bicyclic) bond motifs is 2. The molecule has 1 saturated heterocycles. The Morgan fingerprint density at radius 2 is 1.47 bits per heavy atom. The van der Waals surface area contributed by atoms with E-state index in [1.165, 1.54) is 19.2 Å². The molecule has 3 aromatic carbocycles. The third-order valence-electron chi connectivity index (χ3n) is 7.66. The van der Waals surface area contributed by atoms with Crippen LogP contribution in [0.15, 0.2) is 48.5 Å². The molecule has 5 rings (SSSR count). The molecule has 2 amide bonds. The molecule has 0 spiro atoms. The number of aryl methyl sites for hydroxylation is 3. The molecule has 1 fully saturated rings. The van der Waals surface area contributed by atoms with Crippen LogP contribution in [0.5, 0.6) is 17.2 Å². The van der Waals surface area contributed by atoms with Crippen molar-refractivity contribution >= 4 is 55.7 Å². The lowest BCUT2D eigenvalue weighted by Gasteiger charge is -2.16. The Bertz CT molecular complexity index is 2020. The van der Waals surface area contributed by atoms with Crippen molar-refractivity contribution in [2.24, 2.45) is 0 Å². The summed E-state index contributed by atoms with van der Waals surface area (Å²) in [6.45, 7) is 5.67. The Balaban J connectivity index is 1.59. The van der Waals surface area contributed by atoms with Gasteiger partial charge in [0.2, 0.25) is 11.0 Å². The Morgan fingerprint density at radius 3 is 2.02 bits per heavy atom. The van der Waals surface area contributed by atoms with Crippen LogP contribution in [0.3, 0.4) is 0 Å². The van der Waals surface area contributed by atoms with Gasteiger partial charge in [-0.05, 0) is 68.3 Å². The first-order chi connectivity index (χ1) is 22.3. The van der Waals surface area contributed by atoms with Crippen LogP contribution in [-0.2, 0) is 31.1 Å². The van der Waals surface area contributed by atoms with E-state index in [0.717, 1.165) is 0 Å².